The van der Waals surface area contributed by atoms with E-state index in [-0.39, 0.29) is 11.6 Å². The Kier molecular flexibility index (Phi) is 4.42. The van der Waals surface area contributed by atoms with E-state index >= 15 is 0 Å². The van der Waals surface area contributed by atoms with E-state index in [0.29, 0.717) is 17.9 Å². The van der Waals surface area contributed by atoms with E-state index < -0.39 is 16.6 Å². The van der Waals surface area contributed by atoms with Crippen molar-refractivity contribution in [2.75, 3.05) is 24.3 Å². The number of benzene rings is 1. The van der Waals surface area contributed by atoms with E-state index in [1.807, 2.05) is 0 Å². The predicted octanol–water partition coefficient (Wildman–Crippen LogP) is 0.516. The lowest BCUT2D eigenvalue weighted by Crippen LogP contribution is -2.27. The summed E-state index contributed by atoms with van der Waals surface area (Å²) < 4.78 is 23.6. The molecule has 1 aromatic carbocycles. The summed E-state index contributed by atoms with van der Waals surface area (Å²) in [7, 11) is -0.946. The Labute approximate surface area is 95.5 Å². The van der Waals surface area contributed by atoms with E-state index in [1.54, 1.807) is 6.26 Å². The maximum Gasteiger partial charge on any atom is 0.251 e. The molecule has 1 rings (SSSR count). The van der Waals surface area contributed by atoms with Crippen molar-refractivity contribution in [3.63, 3.8) is 0 Å². The molecule has 1 unspecified atom stereocenters. The first kappa shape index (κ1) is 12.6. The summed E-state index contributed by atoms with van der Waals surface area (Å²) in [5, 5.41) is 2.57. The van der Waals surface area contributed by atoms with Crippen LogP contribution in [-0.4, -0.2) is 28.7 Å². The smallest absolute Gasteiger partial charge is 0.251 e. The molecule has 0 aromatic heterocycles. The van der Waals surface area contributed by atoms with Gasteiger partial charge >= 0.3 is 0 Å². The SMILES string of the molecule is CS(=O)CCNC(=O)c1ccc(F)c(N)c1. The van der Waals surface area contributed by atoms with Crippen molar-refractivity contribution in [3.05, 3.63) is 29.6 Å². The molecule has 0 aliphatic rings. The minimum atomic E-state index is -0.946. The zero-order valence-electron chi connectivity index (χ0n) is 8.83. The summed E-state index contributed by atoms with van der Waals surface area (Å²) in [6.45, 7) is 0.319. The molecule has 16 heavy (non-hydrogen) atoms. The highest BCUT2D eigenvalue weighted by molar-refractivity contribution is 7.84. The first-order valence-corrected chi connectivity index (χ1v) is 6.36. The monoisotopic (exact) mass is 244 g/mol. The number of nitrogens with two attached hydrogens (primary N) is 1. The summed E-state index contributed by atoms with van der Waals surface area (Å²) in [4.78, 5) is 11.5. The number of halogens is 1. The van der Waals surface area contributed by atoms with Crippen LogP contribution >= 0.6 is 0 Å². The van der Waals surface area contributed by atoms with Crippen LogP contribution in [0.5, 0.6) is 0 Å². The molecule has 1 atom stereocenters. The van der Waals surface area contributed by atoms with Crippen LogP contribution in [0.1, 0.15) is 10.4 Å². The van der Waals surface area contributed by atoms with Gasteiger partial charge in [0, 0.05) is 34.9 Å². The van der Waals surface area contributed by atoms with Crippen molar-refractivity contribution in [1.29, 1.82) is 0 Å². The molecule has 0 fully saturated rings. The molecule has 0 saturated carbocycles. The molecule has 1 aromatic rings. The molecule has 0 bridgehead atoms. The number of rotatable bonds is 4. The molecule has 0 aliphatic carbocycles. The van der Waals surface area contributed by atoms with Crippen LogP contribution in [-0.2, 0) is 10.8 Å². The molecule has 0 aliphatic heterocycles. The third-order valence-electron chi connectivity index (χ3n) is 1.93. The lowest BCUT2D eigenvalue weighted by atomic mass is 10.2. The van der Waals surface area contributed by atoms with Gasteiger partial charge in [-0.05, 0) is 18.2 Å². The Morgan fingerprint density at radius 2 is 2.25 bits per heavy atom. The van der Waals surface area contributed by atoms with Crippen LogP contribution in [0.25, 0.3) is 0 Å². The van der Waals surface area contributed by atoms with Crippen LogP contribution in [0, 0.1) is 5.82 Å². The molecule has 6 heteroatoms. The molecule has 0 heterocycles. The van der Waals surface area contributed by atoms with Crippen LogP contribution in [0.2, 0.25) is 0 Å². The van der Waals surface area contributed by atoms with Crippen molar-refractivity contribution in [3.8, 4) is 0 Å². The van der Waals surface area contributed by atoms with Crippen LogP contribution in [0.3, 0.4) is 0 Å². The number of anilines is 1. The molecule has 1 amide bonds. The van der Waals surface area contributed by atoms with Crippen molar-refractivity contribution in [2.45, 2.75) is 0 Å². The Morgan fingerprint density at radius 1 is 1.56 bits per heavy atom. The fraction of sp³-hybridized carbons (Fsp3) is 0.300. The molecule has 0 radical (unpaired) electrons. The van der Waals surface area contributed by atoms with E-state index in [1.165, 1.54) is 12.1 Å². The Balaban J connectivity index is 2.59. The van der Waals surface area contributed by atoms with Gasteiger partial charge in [-0.15, -0.1) is 0 Å². The predicted molar refractivity (Wildman–Crippen MR) is 62.1 cm³/mol. The second-order valence-corrected chi connectivity index (χ2v) is 4.82. The number of carbonyl (C=O) groups excluding carboxylic acids is 1. The summed E-state index contributed by atoms with van der Waals surface area (Å²) >= 11 is 0. The average Bonchev–Trinajstić information content (AvgIpc) is 2.21. The van der Waals surface area contributed by atoms with Crippen molar-refractivity contribution >= 4 is 22.4 Å². The largest absolute Gasteiger partial charge is 0.396 e. The van der Waals surface area contributed by atoms with E-state index in [2.05, 4.69) is 5.32 Å². The van der Waals surface area contributed by atoms with E-state index in [9.17, 15) is 13.4 Å². The summed E-state index contributed by atoms with van der Waals surface area (Å²) in [5.74, 6) is -0.508. The van der Waals surface area contributed by atoms with Gasteiger partial charge < -0.3 is 11.1 Å². The highest BCUT2D eigenvalue weighted by Gasteiger charge is 2.07. The maximum atomic E-state index is 12.8. The maximum absolute atomic E-state index is 12.8. The lowest BCUT2D eigenvalue weighted by molar-refractivity contribution is 0.0956. The van der Waals surface area contributed by atoms with Gasteiger partial charge in [-0.1, -0.05) is 0 Å². The molecule has 4 nitrogen and oxygen atoms in total. The second kappa shape index (κ2) is 5.60. The van der Waals surface area contributed by atoms with Crippen molar-refractivity contribution in [1.82, 2.24) is 5.32 Å². The molecule has 88 valence electrons. The van der Waals surface area contributed by atoms with Gasteiger partial charge in [-0.2, -0.15) is 0 Å². The van der Waals surface area contributed by atoms with Gasteiger partial charge in [0.2, 0.25) is 0 Å². The number of nitrogens with one attached hydrogen (secondary N) is 1. The van der Waals surface area contributed by atoms with E-state index in [0.717, 1.165) is 6.07 Å². The number of amides is 1. The second-order valence-electron chi connectivity index (χ2n) is 3.27. The van der Waals surface area contributed by atoms with Crippen molar-refractivity contribution in [2.24, 2.45) is 0 Å². The third-order valence-corrected chi connectivity index (χ3v) is 2.71. The quantitative estimate of drug-likeness (QED) is 0.758. The summed E-state index contributed by atoms with van der Waals surface area (Å²) in [6, 6.07) is 3.76. The van der Waals surface area contributed by atoms with Gasteiger partial charge in [0.15, 0.2) is 0 Å². The van der Waals surface area contributed by atoms with E-state index in [4.69, 9.17) is 5.73 Å². The Morgan fingerprint density at radius 3 is 2.81 bits per heavy atom. The first-order valence-electron chi connectivity index (χ1n) is 4.64. The van der Waals surface area contributed by atoms with Crippen LogP contribution < -0.4 is 11.1 Å². The van der Waals surface area contributed by atoms with Crippen molar-refractivity contribution < 1.29 is 13.4 Å². The number of nitrogen functional groups attached to an aromatic ring is 1. The average molecular weight is 244 g/mol. The summed E-state index contributed by atoms with van der Waals surface area (Å²) in [6.07, 6.45) is 1.56. The molecular formula is C10H13FN2O2S. The topological polar surface area (TPSA) is 72.2 Å². The fourth-order valence-corrected chi connectivity index (χ4v) is 1.48. The lowest BCUT2D eigenvalue weighted by Gasteiger charge is -2.05. The first-order chi connectivity index (χ1) is 7.50. The van der Waals surface area contributed by atoms with Crippen LogP contribution in [0.4, 0.5) is 10.1 Å². The van der Waals surface area contributed by atoms with Crippen LogP contribution in [0.15, 0.2) is 18.2 Å². The van der Waals surface area contributed by atoms with Gasteiger partial charge in [-0.3, -0.25) is 9.00 Å². The molecule has 3 N–H and O–H groups in total. The minimum absolute atomic E-state index is 0.0632. The number of hydrogen-bond donors (Lipinski definition) is 2. The van der Waals surface area contributed by atoms with Gasteiger partial charge in [-0.25, -0.2) is 4.39 Å². The Hall–Kier alpha value is -1.43. The van der Waals surface area contributed by atoms with Gasteiger partial charge in [0.05, 0.1) is 5.69 Å². The highest BCUT2D eigenvalue weighted by atomic mass is 32.2. The summed E-state index contributed by atoms with van der Waals surface area (Å²) in [5.41, 5.74) is 5.56. The van der Waals surface area contributed by atoms with Gasteiger partial charge in [0.25, 0.3) is 5.91 Å². The fourth-order valence-electron chi connectivity index (χ4n) is 1.10. The number of hydrogen-bond acceptors (Lipinski definition) is 3. The van der Waals surface area contributed by atoms with Gasteiger partial charge in [0.1, 0.15) is 5.82 Å². The minimum Gasteiger partial charge on any atom is -0.396 e. The zero-order chi connectivity index (χ0) is 12.1. The highest BCUT2D eigenvalue weighted by Crippen LogP contribution is 2.11. The molecule has 0 spiro atoms. The third kappa shape index (κ3) is 3.62. The molecule has 0 saturated heterocycles. The molecular weight excluding hydrogens is 231 g/mol. The number of carbonyl (C=O) groups is 1. The Bertz CT molecular complexity index is 423. The standard InChI is InChI=1S/C10H13FN2O2S/c1-16(15)5-4-13-10(14)7-2-3-8(11)9(12)6-7/h2-3,6H,4-5,12H2,1H3,(H,13,14). The normalized spacial score (nSPS) is 12.1. The zero-order valence-corrected chi connectivity index (χ0v) is 9.64.